The van der Waals surface area contributed by atoms with E-state index in [1.54, 1.807) is 0 Å². The van der Waals surface area contributed by atoms with E-state index in [2.05, 4.69) is 0 Å². The van der Waals surface area contributed by atoms with Gasteiger partial charge in [-0.15, -0.1) is 23.2 Å². The van der Waals surface area contributed by atoms with E-state index >= 15 is 0 Å². The quantitative estimate of drug-likeness (QED) is 0.191. The summed E-state index contributed by atoms with van der Waals surface area (Å²) in [4.78, 5) is -1.81. The van der Waals surface area contributed by atoms with Crippen LogP contribution in [0.1, 0.15) is 0 Å². The van der Waals surface area contributed by atoms with Gasteiger partial charge < -0.3 is 0 Å². The molecule has 0 rings (SSSR count). The zero-order valence-electron chi connectivity index (χ0n) is 15.5. The third-order valence-corrected chi connectivity index (χ3v) is 21.5. The van der Waals surface area contributed by atoms with E-state index in [0.29, 0.717) is 0 Å². The van der Waals surface area contributed by atoms with Crippen molar-refractivity contribution in [2.24, 2.45) is 0 Å². The molecule has 0 N–H and O–H groups in total. The lowest BCUT2D eigenvalue weighted by atomic mass is 9.99. The zero-order valence-corrected chi connectivity index (χ0v) is 34.4. The lowest BCUT2D eigenvalue weighted by Crippen LogP contribution is -2.73. The molecule has 37 heavy (non-hydrogen) atoms. The van der Waals surface area contributed by atoms with Gasteiger partial charge in [0.2, 0.25) is 8.13 Å². The monoisotopic (exact) mass is 1020 g/mol. The lowest BCUT2D eigenvalue weighted by Gasteiger charge is -2.56. The van der Waals surface area contributed by atoms with Gasteiger partial charge in [-0.25, -0.2) is 0 Å². The standard InChI is InChI=1S/C12HCl25/c13-1(14)2(15,16)3(17,18)4(19,20)5(21,22)6(23,24)7(25,26)8(27,28)9(29,30)10(31,32)11(33,34)12(35,36)37/h1H. The molecule has 0 saturated heterocycles. The largest absolute Gasteiger partial charge is 0.226 e. The molecule has 0 radical (unpaired) electrons. The molecule has 25 heteroatoms. The fourth-order valence-electron chi connectivity index (χ4n) is 1.90. The van der Waals surface area contributed by atoms with Crippen molar-refractivity contribution >= 4 is 290 Å². The smallest absolute Gasteiger partial charge is 0.102 e. The van der Waals surface area contributed by atoms with Crippen molar-refractivity contribution in [3.8, 4) is 0 Å². The van der Waals surface area contributed by atoms with Crippen LogP contribution in [0.2, 0.25) is 0 Å². The van der Waals surface area contributed by atoms with Crippen LogP contribution in [0, 0.1) is 0 Å². The Kier molecular flexibility index (Phi) is 15.9. The molecule has 0 aliphatic heterocycles. The van der Waals surface area contributed by atoms with Gasteiger partial charge in [0.25, 0.3) is 0 Å². The molecule has 0 aliphatic carbocycles. The number of hydrogen-bond donors (Lipinski definition) is 0. The summed E-state index contributed by atoms with van der Waals surface area (Å²) in [5, 5.41) is 0. The molecule has 0 heterocycles. The minimum atomic E-state index is -3.33. The summed E-state index contributed by atoms with van der Waals surface area (Å²) < 4.78 is -34.0. The first-order valence-electron chi connectivity index (χ1n) is 7.57. The molecule has 0 aromatic carbocycles. The van der Waals surface area contributed by atoms with E-state index in [0.717, 1.165) is 0 Å². The van der Waals surface area contributed by atoms with E-state index in [-0.39, 0.29) is 0 Å². The molecular weight excluding hydrogens is 1030 g/mol. The summed E-state index contributed by atoms with van der Waals surface area (Å²) >= 11 is 154. The summed E-state index contributed by atoms with van der Waals surface area (Å²) in [6.07, 6.45) is 0. The molecule has 0 aliphatic rings. The van der Waals surface area contributed by atoms with E-state index in [4.69, 9.17) is 290 Å². The highest BCUT2D eigenvalue weighted by Crippen LogP contribution is 2.75. The predicted octanol–water partition coefficient (Wildman–Crippen LogP) is 14.9. The molecule has 0 nitrogen and oxygen atoms in total. The van der Waals surface area contributed by atoms with Crippen LogP contribution in [-0.2, 0) is 0 Å². The summed E-state index contributed by atoms with van der Waals surface area (Å²) in [6.45, 7) is 0. The SMILES string of the molecule is ClC(Cl)C(Cl)(Cl)C(Cl)(Cl)C(Cl)(Cl)C(Cl)(Cl)C(Cl)(Cl)C(Cl)(Cl)C(Cl)(Cl)C(Cl)(Cl)C(Cl)(Cl)C(Cl)(Cl)C(Cl)(Cl)Cl. The van der Waals surface area contributed by atoms with Gasteiger partial charge in [-0.1, -0.05) is 267 Å². The number of rotatable bonds is 10. The summed E-state index contributed by atoms with van der Waals surface area (Å²) in [5.74, 6) is 0. The minimum Gasteiger partial charge on any atom is -0.102 e. The van der Waals surface area contributed by atoms with Gasteiger partial charge in [-0.05, 0) is 0 Å². The Morgan fingerprint density at radius 1 is 0.243 bits per heavy atom. The van der Waals surface area contributed by atoms with Gasteiger partial charge >= 0.3 is 0 Å². The number of hydrogen-bond acceptors (Lipinski definition) is 0. The summed E-state index contributed by atoms with van der Waals surface area (Å²) in [7, 11) is 0. The van der Waals surface area contributed by atoms with Crippen molar-refractivity contribution in [2.75, 3.05) is 0 Å². The second-order valence-corrected chi connectivity index (χ2v) is 23.3. The minimum absolute atomic E-state index is 1.81. The fraction of sp³-hybridized carbons (Fsp3) is 1.00. The first-order chi connectivity index (χ1) is 15.4. The average molecular weight is 1030 g/mol. The summed E-state index contributed by atoms with van der Waals surface area (Å²) in [6, 6.07) is 0. The van der Waals surface area contributed by atoms with Crippen LogP contribution in [-0.4, -0.2) is 52.0 Å². The topological polar surface area (TPSA) is 0 Å². The normalized spacial score (nSPS) is 17.0. The van der Waals surface area contributed by atoms with E-state index in [1.807, 2.05) is 0 Å². The third-order valence-electron chi connectivity index (χ3n) is 4.20. The van der Waals surface area contributed by atoms with E-state index in [9.17, 15) is 0 Å². The van der Waals surface area contributed by atoms with Gasteiger partial charge in [-0.3, -0.25) is 0 Å². The van der Waals surface area contributed by atoms with Crippen molar-refractivity contribution in [1.82, 2.24) is 0 Å². The Morgan fingerprint density at radius 3 is 0.568 bits per heavy atom. The molecule has 0 amide bonds. The Hall–Kier alpha value is 7.25. The Morgan fingerprint density at radius 2 is 0.405 bits per heavy atom. The fourth-order valence-corrected chi connectivity index (χ4v) is 9.77. The van der Waals surface area contributed by atoms with Crippen LogP contribution in [0.4, 0.5) is 0 Å². The molecular formula is C12HCl25. The van der Waals surface area contributed by atoms with Crippen molar-refractivity contribution in [1.29, 1.82) is 0 Å². The van der Waals surface area contributed by atoms with E-state index < -0.39 is 52.0 Å². The second-order valence-electron chi connectivity index (χ2n) is 6.59. The first kappa shape index (κ1) is 44.2. The number of halogens is 25. The Balaban J connectivity index is 7.22. The van der Waals surface area contributed by atoms with Crippen molar-refractivity contribution in [2.45, 2.75) is 52.0 Å². The summed E-state index contributed by atoms with van der Waals surface area (Å²) in [5.41, 5.74) is 0. The van der Waals surface area contributed by atoms with Crippen LogP contribution in [0.3, 0.4) is 0 Å². The van der Waals surface area contributed by atoms with Crippen LogP contribution in [0.15, 0.2) is 0 Å². The van der Waals surface area contributed by atoms with Gasteiger partial charge in [-0.2, -0.15) is 0 Å². The molecule has 0 aromatic rings. The molecule has 0 saturated carbocycles. The Labute approximate surface area is 336 Å². The highest BCUT2D eigenvalue weighted by atomic mass is 35.6. The van der Waals surface area contributed by atoms with Gasteiger partial charge in [0.15, 0.2) is 39.0 Å². The molecule has 0 atom stereocenters. The van der Waals surface area contributed by atoms with Crippen LogP contribution >= 0.6 is 290 Å². The van der Waals surface area contributed by atoms with Crippen molar-refractivity contribution in [3.63, 3.8) is 0 Å². The van der Waals surface area contributed by atoms with Crippen LogP contribution in [0.5, 0.6) is 0 Å². The maximum Gasteiger partial charge on any atom is 0.226 e. The van der Waals surface area contributed by atoms with Crippen molar-refractivity contribution < 1.29 is 0 Å². The Bertz CT molecular complexity index is 825. The first-order valence-corrected chi connectivity index (χ1v) is 17.1. The maximum atomic E-state index is 6.37. The molecule has 0 fully saturated rings. The average Bonchev–Trinajstić information content (AvgIpc) is 2.65. The third kappa shape index (κ3) is 6.90. The highest BCUT2D eigenvalue weighted by molar-refractivity contribution is 6.84. The van der Waals surface area contributed by atoms with Gasteiger partial charge in [0.1, 0.15) is 4.84 Å². The molecule has 0 spiro atoms. The maximum absolute atomic E-state index is 6.37. The van der Waals surface area contributed by atoms with Crippen molar-refractivity contribution in [3.05, 3.63) is 0 Å². The van der Waals surface area contributed by atoms with Gasteiger partial charge in [0, 0.05) is 0 Å². The second kappa shape index (κ2) is 13.3. The zero-order chi connectivity index (χ0) is 31.1. The van der Waals surface area contributed by atoms with Gasteiger partial charge in [0.05, 0.1) is 0 Å². The van der Waals surface area contributed by atoms with Crippen LogP contribution in [0.25, 0.3) is 0 Å². The highest BCUT2D eigenvalue weighted by Gasteiger charge is 2.84. The lowest BCUT2D eigenvalue weighted by molar-refractivity contribution is 0.421. The molecule has 0 aromatic heterocycles. The molecule has 224 valence electrons. The predicted molar refractivity (Wildman–Crippen MR) is 180 cm³/mol. The molecule has 0 unspecified atom stereocenters. The molecule has 0 bridgehead atoms. The van der Waals surface area contributed by atoms with E-state index in [1.165, 1.54) is 0 Å². The number of alkyl halides is 25. The van der Waals surface area contributed by atoms with Crippen LogP contribution < -0.4 is 0 Å².